The van der Waals surface area contributed by atoms with Gasteiger partial charge in [0.15, 0.2) is 6.04 Å². The molecule has 0 saturated carbocycles. The van der Waals surface area contributed by atoms with Crippen LogP contribution < -0.4 is 0 Å². The van der Waals surface area contributed by atoms with Crippen molar-refractivity contribution in [2.75, 3.05) is 19.6 Å². The number of rotatable bonds is 7. The molecular weight excluding hydrogens is 178 g/mol. The van der Waals surface area contributed by atoms with Gasteiger partial charge in [0.2, 0.25) is 0 Å². The topological polar surface area (TPSA) is 37.3 Å². The second kappa shape index (κ2) is 6.02. The summed E-state index contributed by atoms with van der Waals surface area (Å²) in [5.74, 6) is -0.641. The van der Waals surface area contributed by atoms with Crippen LogP contribution in [-0.4, -0.2) is 41.2 Å². The summed E-state index contributed by atoms with van der Waals surface area (Å²) in [6, 6.07) is -0.222. The summed E-state index contributed by atoms with van der Waals surface area (Å²) in [5, 5.41) is 9.22. The van der Waals surface area contributed by atoms with Crippen molar-refractivity contribution < 1.29 is 14.4 Å². The summed E-state index contributed by atoms with van der Waals surface area (Å²) in [4.78, 5) is 11.2. The van der Waals surface area contributed by atoms with E-state index >= 15 is 0 Å². The van der Waals surface area contributed by atoms with Crippen LogP contribution in [0.4, 0.5) is 0 Å². The molecule has 0 rings (SSSR count). The minimum Gasteiger partial charge on any atom is -0.477 e. The molecule has 84 valence electrons. The predicted octanol–water partition coefficient (Wildman–Crippen LogP) is 2.12. The molecule has 0 heterocycles. The molecule has 0 aliphatic rings. The molecule has 0 aromatic heterocycles. The Morgan fingerprint density at radius 2 is 1.57 bits per heavy atom. The molecular formula is C11H24NO2+. The summed E-state index contributed by atoms with van der Waals surface area (Å²) in [7, 11) is 0. The Balaban J connectivity index is 4.79. The first-order valence-corrected chi connectivity index (χ1v) is 5.66. The van der Waals surface area contributed by atoms with Gasteiger partial charge in [-0.15, -0.1) is 0 Å². The first kappa shape index (κ1) is 13.4. The molecule has 3 nitrogen and oxygen atoms in total. The molecule has 0 aliphatic carbocycles. The van der Waals surface area contributed by atoms with Crippen molar-refractivity contribution in [1.29, 1.82) is 0 Å². The molecule has 1 N–H and O–H groups in total. The molecule has 14 heavy (non-hydrogen) atoms. The van der Waals surface area contributed by atoms with Gasteiger partial charge in [0.25, 0.3) is 0 Å². The number of carbonyl (C=O) groups is 1. The van der Waals surface area contributed by atoms with Crippen LogP contribution in [0.2, 0.25) is 0 Å². The number of carboxylic acid groups (broad SMARTS) is 1. The average Bonchev–Trinajstić information content (AvgIpc) is 2.19. The van der Waals surface area contributed by atoms with Gasteiger partial charge in [-0.3, -0.25) is 0 Å². The zero-order valence-corrected chi connectivity index (χ0v) is 9.92. The van der Waals surface area contributed by atoms with Gasteiger partial charge in [0.1, 0.15) is 0 Å². The summed E-state index contributed by atoms with van der Waals surface area (Å²) in [6.07, 6.45) is 1.72. The van der Waals surface area contributed by atoms with Gasteiger partial charge < -0.3 is 9.59 Å². The van der Waals surface area contributed by atoms with Gasteiger partial charge in [-0.1, -0.05) is 6.92 Å². The van der Waals surface area contributed by atoms with Crippen molar-refractivity contribution in [2.45, 2.75) is 46.6 Å². The molecule has 0 fully saturated rings. The fraction of sp³-hybridized carbons (Fsp3) is 0.909. The van der Waals surface area contributed by atoms with E-state index in [1.54, 1.807) is 0 Å². The van der Waals surface area contributed by atoms with Crippen LogP contribution in [0.25, 0.3) is 0 Å². The molecule has 0 amide bonds. The number of carboxylic acids is 1. The molecule has 0 aromatic rings. The Morgan fingerprint density at radius 3 is 1.79 bits per heavy atom. The molecule has 0 aromatic carbocycles. The van der Waals surface area contributed by atoms with E-state index in [4.69, 9.17) is 0 Å². The predicted molar refractivity (Wildman–Crippen MR) is 58.2 cm³/mol. The second-order valence-electron chi connectivity index (χ2n) is 3.81. The monoisotopic (exact) mass is 202 g/mol. The Hall–Kier alpha value is -0.570. The maximum atomic E-state index is 11.2. The fourth-order valence-electron chi connectivity index (χ4n) is 2.24. The van der Waals surface area contributed by atoms with Crippen LogP contribution in [-0.2, 0) is 4.79 Å². The van der Waals surface area contributed by atoms with Gasteiger partial charge in [-0.2, -0.15) is 0 Å². The van der Waals surface area contributed by atoms with E-state index in [1.165, 1.54) is 0 Å². The first-order valence-electron chi connectivity index (χ1n) is 5.66. The highest BCUT2D eigenvalue weighted by molar-refractivity contribution is 5.72. The number of nitrogens with zero attached hydrogens (tertiary/aromatic N) is 1. The highest BCUT2D eigenvalue weighted by Gasteiger charge is 2.37. The van der Waals surface area contributed by atoms with Gasteiger partial charge in [-0.25, -0.2) is 4.79 Å². The van der Waals surface area contributed by atoms with E-state index in [0.717, 1.165) is 32.5 Å². The van der Waals surface area contributed by atoms with E-state index in [2.05, 4.69) is 20.8 Å². The summed E-state index contributed by atoms with van der Waals surface area (Å²) in [5.41, 5.74) is 0. The third-order valence-electron chi connectivity index (χ3n) is 3.40. The summed E-state index contributed by atoms with van der Waals surface area (Å²) in [6.45, 7) is 11.0. The third-order valence-corrected chi connectivity index (χ3v) is 3.40. The Kier molecular flexibility index (Phi) is 5.77. The molecule has 0 bridgehead atoms. The number of quaternary nitrogens is 1. The van der Waals surface area contributed by atoms with Crippen molar-refractivity contribution >= 4 is 5.97 Å². The highest BCUT2D eigenvalue weighted by Crippen LogP contribution is 2.18. The largest absolute Gasteiger partial charge is 0.477 e. The minimum absolute atomic E-state index is 0.222. The van der Waals surface area contributed by atoms with Crippen LogP contribution in [0, 0.1) is 0 Å². The lowest BCUT2D eigenvalue weighted by Crippen LogP contribution is -2.58. The lowest BCUT2D eigenvalue weighted by atomic mass is 10.1. The van der Waals surface area contributed by atoms with Crippen molar-refractivity contribution in [3.63, 3.8) is 0 Å². The molecule has 0 spiro atoms. The van der Waals surface area contributed by atoms with Crippen LogP contribution in [0.15, 0.2) is 0 Å². The lowest BCUT2D eigenvalue weighted by molar-refractivity contribution is -0.939. The van der Waals surface area contributed by atoms with Gasteiger partial charge >= 0.3 is 5.97 Å². The van der Waals surface area contributed by atoms with Crippen LogP contribution in [0.3, 0.4) is 0 Å². The molecule has 1 atom stereocenters. The smallest absolute Gasteiger partial charge is 0.362 e. The standard InChI is InChI=1S/C11H23NO2/c1-5-9-10(11(13)14)12(6-2,7-3)8-4/h10H,5-9H2,1-4H3/p+1. The van der Waals surface area contributed by atoms with E-state index < -0.39 is 5.97 Å². The second-order valence-corrected chi connectivity index (χ2v) is 3.81. The van der Waals surface area contributed by atoms with E-state index in [9.17, 15) is 9.90 Å². The Morgan fingerprint density at radius 1 is 1.14 bits per heavy atom. The Bertz CT molecular complexity index is 168. The molecule has 1 unspecified atom stereocenters. The van der Waals surface area contributed by atoms with Crippen LogP contribution in [0.1, 0.15) is 40.5 Å². The number of hydrogen-bond acceptors (Lipinski definition) is 1. The average molecular weight is 202 g/mol. The number of likely N-dealkylation sites (N-methyl/N-ethyl adjacent to an activating group) is 1. The third kappa shape index (κ3) is 2.71. The van der Waals surface area contributed by atoms with E-state index in [-0.39, 0.29) is 6.04 Å². The normalized spacial score (nSPS) is 14.0. The van der Waals surface area contributed by atoms with Gasteiger partial charge in [-0.05, 0) is 27.2 Å². The van der Waals surface area contributed by atoms with E-state index in [0.29, 0.717) is 4.48 Å². The van der Waals surface area contributed by atoms with Crippen molar-refractivity contribution in [2.24, 2.45) is 0 Å². The van der Waals surface area contributed by atoms with E-state index in [1.807, 2.05) is 6.92 Å². The Labute approximate surface area is 87.3 Å². The zero-order chi connectivity index (χ0) is 11.2. The van der Waals surface area contributed by atoms with Crippen LogP contribution in [0.5, 0.6) is 0 Å². The lowest BCUT2D eigenvalue weighted by Gasteiger charge is -2.40. The minimum atomic E-state index is -0.641. The molecule has 0 radical (unpaired) electrons. The molecule has 0 saturated heterocycles. The zero-order valence-electron chi connectivity index (χ0n) is 9.92. The molecule has 0 aliphatic heterocycles. The van der Waals surface area contributed by atoms with Crippen molar-refractivity contribution in [3.05, 3.63) is 0 Å². The maximum Gasteiger partial charge on any atom is 0.362 e. The van der Waals surface area contributed by atoms with Crippen molar-refractivity contribution in [1.82, 2.24) is 0 Å². The summed E-state index contributed by atoms with van der Waals surface area (Å²) >= 11 is 0. The van der Waals surface area contributed by atoms with Crippen molar-refractivity contribution in [3.8, 4) is 0 Å². The molecule has 3 heteroatoms. The number of hydrogen-bond donors (Lipinski definition) is 1. The first-order chi connectivity index (χ1) is 6.57. The fourth-order valence-corrected chi connectivity index (χ4v) is 2.24. The van der Waals surface area contributed by atoms with Gasteiger partial charge in [0.05, 0.1) is 19.6 Å². The maximum absolute atomic E-state index is 11.2. The quantitative estimate of drug-likeness (QED) is 0.642. The SMILES string of the molecule is CCCC(C(=O)O)[N+](CC)(CC)CC. The van der Waals surface area contributed by atoms with Gasteiger partial charge in [0, 0.05) is 6.42 Å². The highest BCUT2D eigenvalue weighted by atomic mass is 16.4. The van der Waals surface area contributed by atoms with Crippen LogP contribution >= 0.6 is 0 Å². The summed E-state index contributed by atoms with van der Waals surface area (Å²) < 4.78 is 0.711. The number of aliphatic carboxylic acids is 1.